The Hall–Kier alpha value is -2.62. The van der Waals surface area contributed by atoms with E-state index in [0.717, 1.165) is 48.9 Å². The minimum absolute atomic E-state index is 0.182. The van der Waals surface area contributed by atoms with E-state index >= 15 is 0 Å². The van der Waals surface area contributed by atoms with Crippen LogP contribution in [0.25, 0.3) is 0 Å². The highest BCUT2D eigenvalue weighted by Gasteiger charge is 2.37. The molecule has 1 aliphatic carbocycles. The van der Waals surface area contributed by atoms with Gasteiger partial charge in [-0.2, -0.15) is 13.2 Å². The lowest BCUT2D eigenvalue weighted by Gasteiger charge is -2.34. The topological polar surface area (TPSA) is 81.7 Å². The highest BCUT2D eigenvalue weighted by molar-refractivity contribution is 6.30. The molecule has 0 radical (unpaired) electrons. The Morgan fingerprint density at radius 1 is 1.03 bits per heavy atom. The SMILES string of the molecule is O=C(CNC(=O)c1cccc(C(F)(F)F)c1)N[C@H]1CN(C2CCC(c3ccc(Cl)cc3)CC2)C[C@H]1O. The van der Waals surface area contributed by atoms with Crippen molar-refractivity contribution in [3.05, 3.63) is 70.2 Å². The maximum atomic E-state index is 12.9. The Labute approximate surface area is 212 Å². The average molecular weight is 524 g/mol. The summed E-state index contributed by atoms with van der Waals surface area (Å²) in [6, 6.07) is 11.8. The number of carbonyl (C=O) groups is 2. The molecule has 2 amide bonds. The van der Waals surface area contributed by atoms with Crippen LogP contribution >= 0.6 is 11.6 Å². The molecular weight excluding hydrogens is 495 g/mol. The third-order valence-corrected chi connectivity index (χ3v) is 7.33. The Balaban J connectivity index is 1.23. The minimum atomic E-state index is -4.56. The molecule has 0 unspecified atom stereocenters. The van der Waals surface area contributed by atoms with E-state index < -0.39 is 42.2 Å². The smallest absolute Gasteiger partial charge is 0.390 e. The maximum Gasteiger partial charge on any atom is 0.416 e. The number of halogens is 4. The van der Waals surface area contributed by atoms with Gasteiger partial charge in [-0.25, -0.2) is 0 Å². The van der Waals surface area contributed by atoms with Crippen molar-refractivity contribution in [2.45, 2.75) is 56.0 Å². The Morgan fingerprint density at radius 2 is 1.72 bits per heavy atom. The fourth-order valence-electron chi connectivity index (χ4n) is 5.12. The van der Waals surface area contributed by atoms with Crippen molar-refractivity contribution in [1.29, 1.82) is 0 Å². The molecule has 2 atom stereocenters. The first-order valence-electron chi connectivity index (χ1n) is 12.0. The van der Waals surface area contributed by atoms with Crippen LogP contribution in [0, 0.1) is 0 Å². The summed E-state index contributed by atoms with van der Waals surface area (Å²) in [7, 11) is 0. The first-order valence-corrected chi connectivity index (χ1v) is 12.4. The van der Waals surface area contributed by atoms with E-state index in [1.54, 1.807) is 0 Å². The molecule has 3 N–H and O–H groups in total. The number of aliphatic hydroxyl groups is 1. The second-order valence-corrected chi connectivity index (χ2v) is 9.95. The average Bonchev–Trinajstić information content (AvgIpc) is 3.22. The van der Waals surface area contributed by atoms with Crippen LogP contribution in [0.15, 0.2) is 48.5 Å². The van der Waals surface area contributed by atoms with Gasteiger partial charge in [-0.15, -0.1) is 0 Å². The zero-order valence-corrected chi connectivity index (χ0v) is 20.4. The molecule has 10 heteroatoms. The summed E-state index contributed by atoms with van der Waals surface area (Å²) in [6.45, 7) is 0.563. The number of nitrogens with zero attached hydrogens (tertiary/aromatic N) is 1. The zero-order chi connectivity index (χ0) is 25.9. The van der Waals surface area contributed by atoms with Gasteiger partial charge < -0.3 is 15.7 Å². The predicted molar refractivity (Wildman–Crippen MR) is 130 cm³/mol. The van der Waals surface area contributed by atoms with Crippen LogP contribution in [0.4, 0.5) is 13.2 Å². The van der Waals surface area contributed by atoms with Crippen molar-refractivity contribution in [3.8, 4) is 0 Å². The van der Waals surface area contributed by atoms with E-state index in [1.165, 1.54) is 11.6 Å². The van der Waals surface area contributed by atoms with Crippen LogP contribution in [-0.4, -0.2) is 59.6 Å². The number of aliphatic hydroxyl groups excluding tert-OH is 1. The highest BCUT2D eigenvalue weighted by atomic mass is 35.5. The molecule has 0 bridgehead atoms. The van der Waals surface area contributed by atoms with Crippen LogP contribution in [0.3, 0.4) is 0 Å². The number of amides is 2. The molecule has 2 aromatic rings. The Morgan fingerprint density at radius 3 is 2.39 bits per heavy atom. The quantitative estimate of drug-likeness (QED) is 0.535. The number of carbonyl (C=O) groups excluding carboxylic acids is 2. The molecule has 4 rings (SSSR count). The second-order valence-electron chi connectivity index (χ2n) is 9.51. The first-order chi connectivity index (χ1) is 17.1. The fourth-order valence-corrected chi connectivity index (χ4v) is 5.25. The molecule has 194 valence electrons. The molecule has 2 aromatic carbocycles. The number of hydrogen-bond acceptors (Lipinski definition) is 4. The Kier molecular flexibility index (Phi) is 8.22. The lowest BCUT2D eigenvalue weighted by atomic mass is 9.81. The largest absolute Gasteiger partial charge is 0.416 e. The maximum absolute atomic E-state index is 12.9. The van der Waals surface area contributed by atoms with Crippen molar-refractivity contribution in [3.63, 3.8) is 0 Å². The van der Waals surface area contributed by atoms with E-state index in [4.69, 9.17) is 11.6 Å². The summed E-state index contributed by atoms with van der Waals surface area (Å²) in [4.78, 5) is 26.8. The molecule has 2 fully saturated rings. The normalized spacial score (nSPS) is 24.9. The third-order valence-electron chi connectivity index (χ3n) is 7.08. The monoisotopic (exact) mass is 523 g/mol. The molecule has 1 heterocycles. The standard InChI is InChI=1S/C26H29ClF3N3O3/c27-20-8-4-16(5-9-20)17-6-10-21(11-7-17)33-14-22(23(34)15-33)32-24(35)13-31-25(36)18-2-1-3-19(12-18)26(28,29)30/h1-5,8-9,12,17,21-23,34H,6-7,10-11,13-15H2,(H,31,36)(H,32,35)/t17?,21?,22-,23+/m0/s1. The van der Waals surface area contributed by atoms with Crippen LogP contribution in [-0.2, 0) is 11.0 Å². The van der Waals surface area contributed by atoms with Crippen LogP contribution in [0.2, 0.25) is 5.02 Å². The van der Waals surface area contributed by atoms with Gasteiger partial charge in [0, 0.05) is 29.7 Å². The van der Waals surface area contributed by atoms with Crippen molar-refractivity contribution in [2.24, 2.45) is 0 Å². The van der Waals surface area contributed by atoms with E-state index in [1.807, 2.05) is 12.1 Å². The summed E-state index contributed by atoms with van der Waals surface area (Å²) in [6.07, 6.45) is -1.23. The fraction of sp³-hybridized carbons (Fsp3) is 0.462. The molecule has 0 spiro atoms. The first kappa shape index (κ1) is 26.4. The molecule has 0 aromatic heterocycles. The summed E-state index contributed by atoms with van der Waals surface area (Å²) >= 11 is 5.99. The molecule has 1 aliphatic heterocycles. The number of likely N-dealkylation sites (tertiary alicyclic amines) is 1. The Bertz CT molecular complexity index is 1070. The number of alkyl halides is 3. The number of hydrogen-bond donors (Lipinski definition) is 3. The van der Waals surface area contributed by atoms with Gasteiger partial charge in [-0.05, 0) is 67.5 Å². The van der Waals surface area contributed by atoms with Crippen molar-refractivity contribution < 1.29 is 27.9 Å². The molecule has 1 saturated carbocycles. The summed E-state index contributed by atoms with van der Waals surface area (Å²) in [5, 5.41) is 16.3. The van der Waals surface area contributed by atoms with E-state index in [0.29, 0.717) is 25.0 Å². The summed E-state index contributed by atoms with van der Waals surface area (Å²) in [5.41, 5.74) is 0.173. The molecule has 6 nitrogen and oxygen atoms in total. The van der Waals surface area contributed by atoms with E-state index in [2.05, 4.69) is 27.7 Å². The second kappa shape index (κ2) is 11.2. The van der Waals surface area contributed by atoms with Crippen molar-refractivity contribution in [1.82, 2.24) is 15.5 Å². The highest BCUT2D eigenvalue weighted by Crippen LogP contribution is 2.36. The van der Waals surface area contributed by atoms with Gasteiger partial charge >= 0.3 is 6.18 Å². The number of β-amino-alcohol motifs (C(OH)–C–C–N with tert-alkyl or cyclic N) is 1. The van der Waals surface area contributed by atoms with Crippen LogP contribution < -0.4 is 10.6 Å². The zero-order valence-electron chi connectivity index (χ0n) is 19.6. The summed E-state index contributed by atoms with van der Waals surface area (Å²) < 4.78 is 38.6. The third kappa shape index (κ3) is 6.57. The predicted octanol–water partition coefficient (Wildman–Crippen LogP) is 3.98. The van der Waals surface area contributed by atoms with Crippen molar-refractivity contribution in [2.75, 3.05) is 19.6 Å². The number of rotatable bonds is 6. The van der Waals surface area contributed by atoms with Gasteiger partial charge in [0.2, 0.25) is 5.91 Å². The molecule has 36 heavy (non-hydrogen) atoms. The van der Waals surface area contributed by atoms with Gasteiger partial charge in [0.25, 0.3) is 5.91 Å². The molecule has 1 saturated heterocycles. The van der Waals surface area contributed by atoms with Gasteiger partial charge in [-0.3, -0.25) is 14.5 Å². The van der Waals surface area contributed by atoms with Crippen LogP contribution in [0.1, 0.15) is 53.1 Å². The number of benzene rings is 2. The summed E-state index contributed by atoms with van der Waals surface area (Å²) in [5.74, 6) is -0.794. The number of nitrogens with one attached hydrogen (secondary N) is 2. The van der Waals surface area contributed by atoms with Gasteiger partial charge in [0.15, 0.2) is 0 Å². The van der Waals surface area contributed by atoms with Crippen molar-refractivity contribution >= 4 is 23.4 Å². The molecular formula is C26H29ClF3N3O3. The van der Waals surface area contributed by atoms with Gasteiger partial charge in [-0.1, -0.05) is 29.8 Å². The van der Waals surface area contributed by atoms with Gasteiger partial charge in [0.05, 0.1) is 24.3 Å². The minimum Gasteiger partial charge on any atom is -0.390 e. The lowest BCUT2D eigenvalue weighted by molar-refractivity contribution is -0.137. The lowest BCUT2D eigenvalue weighted by Crippen LogP contribution is -2.47. The van der Waals surface area contributed by atoms with E-state index in [-0.39, 0.29) is 5.56 Å². The van der Waals surface area contributed by atoms with Crippen LogP contribution in [0.5, 0.6) is 0 Å². The van der Waals surface area contributed by atoms with E-state index in [9.17, 15) is 27.9 Å². The molecule has 2 aliphatic rings. The van der Waals surface area contributed by atoms with Gasteiger partial charge in [0.1, 0.15) is 0 Å².